The number of likely N-dealkylation sites (tertiary alicyclic amines) is 2. The molecule has 0 aliphatic carbocycles. The van der Waals surface area contributed by atoms with Gasteiger partial charge >= 0.3 is 0 Å². The SMILES string of the molecule is N=CN1CCC1C(=O)NC1CCN(C=O)C1. The number of carbonyl (C=O) groups is 2. The molecule has 0 bridgehead atoms. The Bertz CT molecular complexity index is 307. The van der Waals surface area contributed by atoms with Crippen molar-refractivity contribution in [1.82, 2.24) is 15.1 Å². The van der Waals surface area contributed by atoms with Gasteiger partial charge in [0.05, 0.1) is 6.34 Å². The molecule has 0 aromatic heterocycles. The lowest BCUT2D eigenvalue weighted by Crippen LogP contribution is -2.57. The van der Waals surface area contributed by atoms with E-state index in [9.17, 15) is 9.59 Å². The Labute approximate surface area is 94.1 Å². The van der Waals surface area contributed by atoms with E-state index in [1.165, 1.54) is 6.34 Å². The predicted octanol–water partition coefficient (Wildman–Crippen LogP) is -0.985. The fraction of sp³-hybridized carbons (Fsp3) is 0.700. The number of carbonyl (C=O) groups excluding carboxylic acids is 2. The van der Waals surface area contributed by atoms with Crippen molar-refractivity contribution in [3.63, 3.8) is 0 Å². The Hall–Kier alpha value is -1.59. The Morgan fingerprint density at radius 1 is 1.38 bits per heavy atom. The zero-order chi connectivity index (χ0) is 11.5. The van der Waals surface area contributed by atoms with Crippen LogP contribution in [0.5, 0.6) is 0 Å². The molecule has 0 saturated carbocycles. The van der Waals surface area contributed by atoms with Gasteiger partial charge in [-0.05, 0) is 12.8 Å². The molecule has 0 spiro atoms. The Morgan fingerprint density at radius 2 is 2.19 bits per heavy atom. The van der Waals surface area contributed by atoms with Crippen LogP contribution in [0.25, 0.3) is 0 Å². The molecule has 6 nitrogen and oxygen atoms in total. The number of nitrogens with one attached hydrogen (secondary N) is 2. The maximum absolute atomic E-state index is 11.8. The summed E-state index contributed by atoms with van der Waals surface area (Å²) in [6.07, 6.45) is 3.66. The molecule has 0 aromatic rings. The van der Waals surface area contributed by atoms with E-state index in [1.54, 1.807) is 9.80 Å². The number of rotatable bonds is 4. The molecule has 2 unspecified atom stereocenters. The molecular formula is C10H16N4O2. The summed E-state index contributed by atoms with van der Waals surface area (Å²) < 4.78 is 0. The average Bonchev–Trinajstić information content (AvgIpc) is 2.64. The molecule has 2 N–H and O–H groups in total. The molecule has 88 valence electrons. The van der Waals surface area contributed by atoms with Crippen molar-refractivity contribution in [2.24, 2.45) is 0 Å². The van der Waals surface area contributed by atoms with E-state index >= 15 is 0 Å². The van der Waals surface area contributed by atoms with E-state index < -0.39 is 0 Å². The van der Waals surface area contributed by atoms with Crippen LogP contribution in [0.3, 0.4) is 0 Å². The summed E-state index contributed by atoms with van der Waals surface area (Å²) in [4.78, 5) is 25.7. The third-order valence-electron chi connectivity index (χ3n) is 3.24. The maximum Gasteiger partial charge on any atom is 0.243 e. The second kappa shape index (κ2) is 4.51. The van der Waals surface area contributed by atoms with Gasteiger partial charge in [-0.15, -0.1) is 0 Å². The summed E-state index contributed by atoms with van der Waals surface area (Å²) in [6.45, 7) is 2.10. The monoisotopic (exact) mass is 224 g/mol. The Kier molecular flexibility index (Phi) is 3.07. The van der Waals surface area contributed by atoms with Crippen molar-refractivity contribution >= 4 is 18.7 Å². The van der Waals surface area contributed by atoms with E-state index in [4.69, 9.17) is 5.41 Å². The first-order chi connectivity index (χ1) is 7.74. The first kappa shape index (κ1) is 10.9. The first-order valence-corrected chi connectivity index (χ1v) is 5.50. The van der Waals surface area contributed by atoms with E-state index in [1.807, 2.05) is 0 Å². The molecule has 2 heterocycles. The third kappa shape index (κ3) is 2.00. The van der Waals surface area contributed by atoms with Gasteiger partial charge in [0.25, 0.3) is 0 Å². The summed E-state index contributed by atoms with van der Waals surface area (Å²) in [7, 11) is 0. The first-order valence-electron chi connectivity index (χ1n) is 5.50. The van der Waals surface area contributed by atoms with Gasteiger partial charge in [-0.3, -0.25) is 15.0 Å². The lowest BCUT2D eigenvalue weighted by molar-refractivity contribution is -0.129. The number of hydrogen-bond acceptors (Lipinski definition) is 3. The smallest absolute Gasteiger partial charge is 0.243 e. The lowest BCUT2D eigenvalue weighted by Gasteiger charge is -2.38. The van der Waals surface area contributed by atoms with Crippen LogP contribution in [-0.4, -0.2) is 60.2 Å². The minimum atomic E-state index is -0.178. The van der Waals surface area contributed by atoms with Crippen molar-refractivity contribution < 1.29 is 9.59 Å². The van der Waals surface area contributed by atoms with Gasteiger partial charge in [0.2, 0.25) is 12.3 Å². The summed E-state index contributed by atoms with van der Waals surface area (Å²) >= 11 is 0. The van der Waals surface area contributed by atoms with Crippen molar-refractivity contribution in [3.8, 4) is 0 Å². The summed E-state index contributed by atoms with van der Waals surface area (Å²) in [5.74, 6) is -0.0208. The summed E-state index contributed by atoms with van der Waals surface area (Å²) in [5.41, 5.74) is 0. The van der Waals surface area contributed by atoms with Crippen molar-refractivity contribution in [1.29, 1.82) is 5.41 Å². The highest BCUT2D eigenvalue weighted by Crippen LogP contribution is 2.16. The summed E-state index contributed by atoms with van der Waals surface area (Å²) in [5, 5.41) is 10.0. The fourth-order valence-electron chi connectivity index (χ4n) is 2.14. The fourth-order valence-corrected chi connectivity index (χ4v) is 2.14. The van der Waals surface area contributed by atoms with Gasteiger partial charge in [-0.1, -0.05) is 0 Å². The zero-order valence-electron chi connectivity index (χ0n) is 9.06. The molecule has 2 amide bonds. The van der Waals surface area contributed by atoms with E-state index in [0.29, 0.717) is 13.1 Å². The molecule has 6 heteroatoms. The largest absolute Gasteiger partial charge is 0.351 e. The van der Waals surface area contributed by atoms with Crippen molar-refractivity contribution in [2.75, 3.05) is 19.6 Å². The minimum absolute atomic E-state index is 0.0208. The highest BCUT2D eigenvalue weighted by atomic mass is 16.2. The number of hydrogen-bond donors (Lipinski definition) is 2. The van der Waals surface area contributed by atoms with Gasteiger partial charge in [-0.2, -0.15) is 0 Å². The molecule has 2 saturated heterocycles. The number of nitrogens with zero attached hydrogens (tertiary/aromatic N) is 2. The Morgan fingerprint density at radius 3 is 2.69 bits per heavy atom. The number of amides is 2. The van der Waals surface area contributed by atoms with Crippen LogP contribution in [0, 0.1) is 5.41 Å². The van der Waals surface area contributed by atoms with E-state index in [2.05, 4.69) is 5.32 Å². The van der Waals surface area contributed by atoms with Crippen LogP contribution >= 0.6 is 0 Å². The van der Waals surface area contributed by atoms with Gasteiger partial charge < -0.3 is 15.1 Å². The van der Waals surface area contributed by atoms with Crippen LogP contribution in [0.1, 0.15) is 12.8 Å². The predicted molar refractivity (Wildman–Crippen MR) is 58.1 cm³/mol. The Balaban J connectivity index is 1.79. The topological polar surface area (TPSA) is 76.5 Å². The van der Waals surface area contributed by atoms with Crippen LogP contribution in [0.4, 0.5) is 0 Å². The lowest BCUT2D eigenvalue weighted by atomic mass is 10.0. The van der Waals surface area contributed by atoms with Crippen LogP contribution < -0.4 is 5.32 Å². The molecule has 2 rings (SSSR count). The maximum atomic E-state index is 11.8. The van der Waals surface area contributed by atoms with Crippen LogP contribution in [0.15, 0.2) is 0 Å². The summed E-state index contributed by atoms with van der Waals surface area (Å²) in [6, 6.07) is -0.103. The standard InChI is InChI=1S/C10H16N4O2/c11-6-14-4-2-9(14)10(16)12-8-1-3-13(5-8)7-15/h6-9,11H,1-5H2,(H,12,16). The molecule has 2 atom stereocenters. The highest BCUT2D eigenvalue weighted by molar-refractivity contribution is 5.85. The van der Waals surface area contributed by atoms with Gasteiger partial charge in [0.1, 0.15) is 6.04 Å². The molecular weight excluding hydrogens is 208 g/mol. The minimum Gasteiger partial charge on any atom is -0.351 e. The average molecular weight is 224 g/mol. The van der Waals surface area contributed by atoms with Crippen molar-refractivity contribution in [2.45, 2.75) is 24.9 Å². The molecule has 2 aliphatic heterocycles. The molecule has 16 heavy (non-hydrogen) atoms. The van der Waals surface area contributed by atoms with E-state index in [0.717, 1.165) is 25.8 Å². The normalized spacial score (nSPS) is 28.5. The van der Waals surface area contributed by atoms with E-state index in [-0.39, 0.29) is 18.0 Å². The second-order valence-electron chi connectivity index (χ2n) is 4.27. The van der Waals surface area contributed by atoms with Gasteiger partial charge in [-0.25, -0.2) is 0 Å². The quantitative estimate of drug-likeness (QED) is 0.366. The van der Waals surface area contributed by atoms with Crippen LogP contribution in [-0.2, 0) is 9.59 Å². The van der Waals surface area contributed by atoms with Crippen LogP contribution in [0.2, 0.25) is 0 Å². The van der Waals surface area contributed by atoms with Gasteiger partial charge in [0, 0.05) is 25.7 Å². The molecule has 0 aromatic carbocycles. The third-order valence-corrected chi connectivity index (χ3v) is 3.24. The van der Waals surface area contributed by atoms with Gasteiger partial charge in [0.15, 0.2) is 0 Å². The van der Waals surface area contributed by atoms with Crippen molar-refractivity contribution in [3.05, 3.63) is 0 Å². The zero-order valence-corrected chi connectivity index (χ0v) is 9.06. The second-order valence-corrected chi connectivity index (χ2v) is 4.27. The molecule has 2 aliphatic rings. The molecule has 2 fully saturated rings. The highest BCUT2D eigenvalue weighted by Gasteiger charge is 2.34. The molecule has 0 radical (unpaired) electrons.